The molecule has 26 heteroatoms. The van der Waals surface area contributed by atoms with Gasteiger partial charge in [0.2, 0.25) is 0 Å². The van der Waals surface area contributed by atoms with Crippen LogP contribution in [-0.2, 0) is 101 Å². The maximum absolute atomic E-state index is 14.4. The largest absolute Gasteiger partial charge is 2.00 e. The first kappa shape index (κ1) is 110. The van der Waals surface area contributed by atoms with Crippen molar-refractivity contribution in [2.45, 2.75) is 71.6 Å². The van der Waals surface area contributed by atoms with E-state index in [0.717, 1.165) is 120 Å². The summed E-state index contributed by atoms with van der Waals surface area (Å²) in [4.78, 5) is 48.0. The molecule has 0 radical (unpaired) electrons. The second kappa shape index (κ2) is 48.2. The van der Waals surface area contributed by atoms with E-state index < -0.39 is 52.5 Å². The van der Waals surface area contributed by atoms with Crippen molar-refractivity contribution in [2.24, 2.45) is 0 Å². The first-order valence-electron chi connectivity index (χ1n) is 46.3. The number of anilines is 6. The molecule has 0 bridgehead atoms. The van der Waals surface area contributed by atoms with Gasteiger partial charge in [0, 0.05) is 107 Å². The van der Waals surface area contributed by atoms with Crippen LogP contribution in [0.4, 0.5) is 69.5 Å². The molecule has 0 saturated carbocycles. The molecule has 0 amide bonds. The maximum Gasteiger partial charge on any atom is 2.00 e. The van der Waals surface area contributed by atoms with E-state index in [1.165, 1.54) is 11.1 Å². The summed E-state index contributed by atoms with van der Waals surface area (Å²) >= 11 is 0. The zero-order valence-corrected chi connectivity index (χ0v) is 89.9. The Labute approximate surface area is 915 Å². The van der Waals surface area contributed by atoms with E-state index in [2.05, 4.69) is 244 Å². The van der Waals surface area contributed by atoms with Gasteiger partial charge in [-0.25, -0.2) is 27.5 Å². The number of aromatic hydroxyl groups is 2. The number of pyridine rings is 10. The number of phenolic OH excluding ortho intramolecular Hbond substituents is 2. The molecule has 14 nitrogen and oxygen atoms in total. The molecule has 10 aromatic heterocycles. The van der Waals surface area contributed by atoms with Crippen molar-refractivity contribution in [3.63, 3.8) is 0 Å². The number of hydrogen-bond donors (Lipinski definition) is 2. The molecular weight excluding hydrogens is 2610 g/mol. The maximum atomic E-state index is 14.4. The van der Waals surface area contributed by atoms with Crippen molar-refractivity contribution in [1.29, 1.82) is 0 Å². The van der Waals surface area contributed by atoms with Crippen LogP contribution in [-0.4, -0.2) is 60.1 Å². The number of aromatic nitrogens is 10. The minimum absolute atomic E-state index is 0. The molecule has 2 N–H and O–H groups in total. The first-order chi connectivity index (χ1) is 70.0. The Bertz CT molecular complexity index is 7890. The van der Waals surface area contributed by atoms with Crippen molar-refractivity contribution in [3.8, 4) is 124 Å². The Morgan fingerprint density at radius 3 is 1.01 bits per heavy atom. The Kier molecular flexibility index (Phi) is 35.4. The molecule has 0 aliphatic rings. The molecule has 21 rings (SSSR count). The summed E-state index contributed by atoms with van der Waals surface area (Å²) in [5.41, 5.74) is 19.2. The van der Waals surface area contributed by atoms with Crippen molar-refractivity contribution in [3.05, 3.63) is 482 Å². The molecule has 0 aliphatic carbocycles. The average Bonchev–Trinajstić information content (AvgIpc) is 0.733. The van der Waals surface area contributed by atoms with E-state index >= 15 is 0 Å². The van der Waals surface area contributed by atoms with Crippen LogP contribution in [0.5, 0.6) is 11.5 Å². The number of para-hydroxylation sites is 4. The normalized spacial score (nSPS) is 11.1. The van der Waals surface area contributed by atoms with Gasteiger partial charge in [-0.15, -0.1) is 96.1 Å². The fourth-order valence-corrected chi connectivity index (χ4v) is 16.6. The van der Waals surface area contributed by atoms with Crippen LogP contribution in [0.15, 0.2) is 376 Å². The summed E-state index contributed by atoms with van der Waals surface area (Å²) in [7, 11) is 0. The summed E-state index contributed by atoms with van der Waals surface area (Å²) in [5.74, 6) is -5.92. The zero-order chi connectivity index (χ0) is 101. The number of hydrogen-bond acceptors (Lipinski definition) is 14. The van der Waals surface area contributed by atoms with Crippen LogP contribution in [0, 0.1) is 83.5 Å². The van der Waals surface area contributed by atoms with Gasteiger partial charge in [0.25, 0.3) is 0 Å². The van der Waals surface area contributed by atoms with Crippen LogP contribution < -0.4 is 9.80 Å². The smallest absolute Gasteiger partial charge is 0.507 e. The van der Waals surface area contributed by atoms with Gasteiger partial charge in [0.1, 0.15) is 46.9 Å². The van der Waals surface area contributed by atoms with Crippen LogP contribution >= 0.6 is 0 Å². The number of nitrogens with zero attached hydrogens (tertiary/aromatic N) is 12. The van der Waals surface area contributed by atoms with Gasteiger partial charge in [-0.3, -0.25) is 42.4 Å². The number of halogens is 8. The van der Waals surface area contributed by atoms with Crippen molar-refractivity contribution in [1.82, 2.24) is 49.8 Å². The molecule has 748 valence electrons. The standard InChI is InChI=1S/C36H35N3.C36H24N2O2.C28H15F4N3.C23H14F4N4.4Pt/c1-35(2,3)28-18-20-37-33(24-28)26-12-10-16-31(22-26)39(30-14-8-7-9-15-30)32-17-11-13-27(23-32)34-25-29(19-21-38-34)36(4,5)6;39-33-17-9-7-15-27(33)31-21-29(23-11-3-1-4-12-23)25-19-20-26-30(24-13-5-2-6-14-24)22-32(38-36(26)35(25)37-31)28-16-8-10-18-34(28)40;29-18-12-14-21(23(31)16-18)25-8-4-10-27(33-25)35(20-6-2-1-3-7-20)28-11-5-9-26(34-28)22-15-13-19(30)17-24(22)32;1-23(2,17-7-3-5-15(28-17)13-9-11-19(24)30-21(13)26)18-8-4-6-16(29-18)14-10-12-20(25)31-22(14)27;;;;/h7-21,24-25H,1-6H3;1-22,39-40H;1-13,16-17H;3-8,11-12H,1-2H3;;;;/q-2;;2*-2;;3*+2. The number of fused-ring (bicyclic) bond motifs is 3. The van der Waals surface area contributed by atoms with E-state index in [9.17, 15) is 45.3 Å². The van der Waals surface area contributed by atoms with Crippen molar-refractivity contribution in [2.75, 3.05) is 9.80 Å². The predicted molar refractivity (Wildman–Crippen MR) is 554 cm³/mol. The van der Waals surface area contributed by atoms with Gasteiger partial charge >= 0.3 is 63.2 Å². The van der Waals surface area contributed by atoms with E-state index in [1.807, 2.05) is 135 Å². The monoisotopic (exact) mass is 2700 g/mol. The molecule has 0 unspecified atom stereocenters. The summed E-state index contributed by atoms with van der Waals surface area (Å²) < 4.78 is 110. The molecular formula is C123H88F8N12O2Pt4. The van der Waals surface area contributed by atoms with Crippen LogP contribution in [0.25, 0.3) is 134 Å². The quantitative estimate of drug-likeness (QED) is 0.0359. The molecule has 0 aliphatic heterocycles. The molecule has 0 fully saturated rings. The van der Waals surface area contributed by atoms with Crippen molar-refractivity contribution < 1.29 is 130 Å². The fraction of sp³-hybridized carbons (Fsp3) is 0.0894. The van der Waals surface area contributed by atoms with Gasteiger partial charge < -0.3 is 35.0 Å². The van der Waals surface area contributed by atoms with E-state index in [-0.39, 0.29) is 152 Å². The summed E-state index contributed by atoms with van der Waals surface area (Å²) in [5, 5.41) is 23.4. The molecule has 21 aromatic rings. The van der Waals surface area contributed by atoms with Gasteiger partial charge in [-0.05, 0) is 201 Å². The molecule has 0 spiro atoms. The zero-order valence-electron chi connectivity index (χ0n) is 80.8. The number of phenols is 2. The average molecular weight is 2700 g/mol. The van der Waals surface area contributed by atoms with Gasteiger partial charge in [-0.1, -0.05) is 282 Å². The Balaban J connectivity index is 0.000000156. The van der Waals surface area contributed by atoms with Crippen molar-refractivity contribution >= 4 is 56.2 Å². The molecule has 10 heterocycles. The van der Waals surface area contributed by atoms with Crippen LogP contribution in [0.1, 0.15) is 77.9 Å². The second-order valence-electron chi connectivity index (χ2n) is 36.4. The third kappa shape index (κ3) is 25.3. The second-order valence-corrected chi connectivity index (χ2v) is 36.4. The summed E-state index contributed by atoms with van der Waals surface area (Å²) in [6.45, 7) is 17.0. The first-order valence-corrected chi connectivity index (χ1v) is 46.3. The van der Waals surface area contributed by atoms with E-state index in [0.29, 0.717) is 51.2 Å². The van der Waals surface area contributed by atoms with Gasteiger partial charge in [-0.2, -0.15) is 0 Å². The van der Waals surface area contributed by atoms with E-state index in [1.54, 1.807) is 102 Å². The Hall–Kier alpha value is -15.2. The predicted octanol–water partition coefficient (Wildman–Crippen LogP) is 30.8. The SMILES string of the molecule is CC(C)(C)c1ccnc(-c2[c-]c(N(c3[c-]c(-c4cc(C(C)(C)C)ccn4)ccc3)c3ccccc3)ccc2)c1.CC(C)(c1cccc(-c2[c-]cc(F)nc2F)n1)c1cccc(-c2[c-]cc(F)nc2F)n1.Fc1c[c-]c(-c2cccc(N(c3ccccc3)c3cccc(-c4[c-]cc(F)cc4F)n3)n2)c(F)c1.Oc1ccccc1-c1cc(-c2ccccc2)c2ccc3c(-c4ccccc4)cc(-c4ccccc4O)nc3c2n1.[Pt+2].[Pt+2].[Pt+2].[Pt]. The third-order valence-corrected chi connectivity index (χ3v) is 24.1. The van der Waals surface area contributed by atoms with Gasteiger partial charge in [0.05, 0.1) is 22.4 Å². The molecule has 11 aromatic carbocycles. The van der Waals surface area contributed by atoms with Gasteiger partial charge in [0.15, 0.2) is 0 Å². The third-order valence-electron chi connectivity index (χ3n) is 24.1. The minimum Gasteiger partial charge on any atom is -0.507 e. The summed E-state index contributed by atoms with van der Waals surface area (Å²) in [6.07, 6.45) is 3.78. The topological polar surface area (TPSA) is 176 Å². The molecule has 0 saturated heterocycles. The minimum atomic E-state index is -1.02. The van der Waals surface area contributed by atoms with E-state index in [4.69, 9.17) is 9.97 Å². The fourth-order valence-electron chi connectivity index (χ4n) is 16.6. The summed E-state index contributed by atoms with van der Waals surface area (Å²) in [6, 6.07) is 127. The number of benzene rings is 11. The van der Waals surface area contributed by atoms with Crippen LogP contribution in [0.3, 0.4) is 0 Å². The Morgan fingerprint density at radius 1 is 0.289 bits per heavy atom. The van der Waals surface area contributed by atoms with Crippen LogP contribution in [0.2, 0.25) is 0 Å². The Morgan fingerprint density at radius 2 is 0.638 bits per heavy atom. The number of rotatable bonds is 18. The molecule has 0 atom stereocenters. The molecule has 149 heavy (non-hydrogen) atoms.